The van der Waals surface area contributed by atoms with Gasteiger partial charge in [-0.1, -0.05) is 32.9 Å². The molecule has 4 heteroatoms. The summed E-state index contributed by atoms with van der Waals surface area (Å²) in [5, 5.41) is 3.37. The minimum absolute atomic E-state index is 0.108. The summed E-state index contributed by atoms with van der Waals surface area (Å²) in [4.78, 5) is 2.29. The summed E-state index contributed by atoms with van der Waals surface area (Å²) in [5.41, 5.74) is 1.93. The fraction of sp³-hybridized carbons (Fsp3) is 0.647. The van der Waals surface area contributed by atoms with Gasteiger partial charge < -0.3 is 10.1 Å². The number of rotatable bonds is 6. The number of halogens is 1. The van der Waals surface area contributed by atoms with Crippen molar-refractivity contribution in [3.05, 3.63) is 35.1 Å². The van der Waals surface area contributed by atoms with Crippen LogP contribution in [0.5, 0.6) is 0 Å². The monoisotopic (exact) mass is 294 g/mol. The van der Waals surface area contributed by atoms with E-state index in [2.05, 4.69) is 31.0 Å². The molecular weight excluding hydrogens is 267 g/mol. The Balaban J connectivity index is 1.99. The highest BCUT2D eigenvalue weighted by Crippen LogP contribution is 2.16. The van der Waals surface area contributed by atoms with Gasteiger partial charge in [-0.3, -0.25) is 4.90 Å². The van der Waals surface area contributed by atoms with Crippen LogP contribution in [0.3, 0.4) is 0 Å². The van der Waals surface area contributed by atoms with E-state index in [9.17, 15) is 4.39 Å². The van der Waals surface area contributed by atoms with Crippen LogP contribution in [-0.2, 0) is 17.8 Å². The summed E-state index contributed by atoms with van der Waals surface area (Å²) < 4.78 is 19.7. The number of benzene rings is 1. The van der Waals surface area contributed by atoms with Crippen LogP contribution < -0.4 is 5.32 Å². The highest BCUT2D eigenvalue weighted by Gasteiger charge is 2.20. The van der Waals surface area contributed by atoms with Crippen molar-refractivity contribution in [3.8, 4) is 0 Å². The van der Waals surface area contributed by atoms with Crippen molar-refractivity contribution in [2.75, 3.05) is 19.7 Å². The van der Waals surface area contributed by atoms with E-state index >= 15 is 0 Å². The lowest BCUT2D eigenvalue weighted by Crippen LogP contribution is -2.41. The van der Waals surface area contributed by atoms with Crippen molar-refractivity contribution >= 4 is 0 Å². The standard InChI is InChI=1S/C17H27FN2O/c1-4-16-12-20(7-8-21-16)11-15-9-14(5-6-17(15)18)10-19-13(2)3/h5-6,9,13,16,19H,4,7-8,10-12H2,1-3H3. The Morgan fingerprint density at radius 1 is 1.43 bits per heavy atom. The van der Waals surface area contributed by atoms with Gasteiger partial charge in [-0.25, -0.2) is 4.39 Å². The van der Waals surface area contributed by atoms with Crippen molar-refractivity contribution in [1.82, 2.24) is 10.2 Å². The third-order valence-corrected chi connectivity index (χ3v) is 3.90. The van der Waals surface area contributed by atoms with Gasteiger partial charge in [0, 0.05) is 37.8 Å². The molecule has 1 aromatic carbocycles. The van der Waals surface area contributed by atoms with Crippen molar-refractivity contribution in [1.29, 1.82) is 0 Å². The summed E-state index contributed by atoms with van der Waals surface area (Å²) >= 11 is 0. The van der Waals surface area contributed by atoms with Gasteiger partial charge in [0.2, 0.25) is 0 Å². The molecule has 1 aliphatic rings. The van der Waals surface area contributed by atoms with Gasteiger partial charge in [-0.15, -0.1) is 0 Å². The first-order valence-corrected chi connectivity index (χ1v) is 7.93. The van der Waals surface area contributed by atoms with E-state index < -0.39 is 0 Å². The van der Waals surface area contributed by atoms with Gasteiger partial charge in [0.05, 0.1) is 12.7 Å². The molecule has 1 aliphatic heterocycles. The summed E-state index contributed by atoms with van der Waals surface area (Å²) in [6.45, 7) is 10.3. The molecule has 1 fully saturated rings. The zero-order chi connectivity index (χ0) is 15.2. The maximum Gasteiger partial charge on any atom is 0.127 e. The van der Waals surface area contributed by atoms with Crippen LogP contribution >= 0.6 is 0 Å². The molecule has 3 nitrogen and oxygen atoms in total. The molecule has 2 rings (SSSR count). The van der Waals surface area contributed by atoms with Gasteiger partial charge in [-0.2, -0.15) is 0 Å². The first-order valence-electron chi connectivity index (χ1n) is 7.93. The molecule has 1 saturated heterocycles. The van der Waals surface area contributed by atoms with E-state index in [-0.39, 0.29) is 11.9 Å². The Hall–Kier alpha value is -0.970. The number of ether oxygens (including phenoxy) is 1. The second kappa shape index (κ2) is 7.87. The Bertz CT molecular complexity index is 450. The van der Waals surface area contributed by atoms with E-state index in [1.807, 2.05) is 12.1 Å². The van der Waals surface area contributed by atoms with Crippen LogP contribution in [0.2, 0.25) is 0 Å². The van der Waals surface area contributed by atoms with Crippen LogP contribution in [-0.4, -0.2) is 36.7 Å². The molecular formula is C17H27FN2O. The maximum atomic E-state index is 14.0. The van der Waals surface area contributed by atoms with Crippen LogP contribution in [0.25, 0.3) is 0 Å². The molecule has 0 spiro atoms. The number of nitrogens with zero attached hydrogens (tertiary/aromatic N) is 1. The zero-order valence-electron chi connectivity index (χ0n) is 13.4. The lowest BCUT2D eigenvalue weighted by molar-refractivity contribution is -0.0327. The summed E-state index contributed by atoms with van der Waals surface area (Å²) in [6.07, 6.45) is 1.30. The van der Waals surface area contributed by atoms with E-state index in [0.717, 1.165) is 43.8 Å². The smallest absolute Gasteiger partial charge is 0.127 e. The van der Waals surface area contributed by atoms with Crippen LogP contribution in [0.4, 0.5) is 4.39 Å². The maximum absolute atomic E-state index is 14.0. The second-order valence-electron chi connectivity index (χ2n) is 6.10. The van der Waals surface area contributed by atoms with Gasteiger partial charge in [-0.05, 0) is 18.1 Å². The first-order chi connectivity index (χ1) is 10.1. The normalized spacial score (nSPS) is 20.1. The summed E-state index contributed by atoms with van der Waals surface area (Å²) in [7, 11) is 0. The Morgan fingerprint density at radius 2 is 2.24 bits per heavy atom. The molecule has 21 heavy (non-hydrogen) atoms. The van der Waals surface area contributed by atoms with Gasteiger partial charge >= 0.3 is 0 Å². The van der Waals surface area contributed by atoms with Gasteiger partial charge in [0.1, 0.15) is 5.82 Å². The predicted octanol–water partition coefficient (Wildman–Crippen LogP) is 2.93. The molecule has 1 unspecified atom stereocenters. The highest BCUT2D eigenvalue weighted by atomic mass is 19.1. The minimum Gasteiger partial charge on any atom is -0.376 e. The molecule has 1 heterocycles. The molecule has 1 atom stereocenters. The number of hydrogen-bond donors (Lipinski definition) is 1. The molecule has 118 valence electrons. The van der Waals surface area contributed by atoms with Crippen molar-refractivity contribution in [3.63, 3.8) is 0 Å². The molecule has 1 N–H and O–H groups in total. The Morgan fingerprint density at radius 3 is 2.95 bits per heavy atom. The van der Waals surface area contributed by atoms with Crippen LogP contribution in [0.15, 0.2) is 18.2 Å². The lowest BCUT2D eigenvalue weighted by Gasteiger charge is -2.32. The number of nitrogens with one attached hydrogen (secondary N) is 1. The quantitative estimate of drug-likeness (QED) is 0.873. The van der Waals surface area contributed by atoms with Gasteiger partial charge in [0.15, 0.2) is 0 Å². The second-order valence-corrected chi connectivity index (χ2v) is 6.10. The van der Waals surface area contributed by atoms with Crippen LogP contribution in [0.1, 0.15) is 38.3 Å². The predicted molar refractivity (Wildman–Crippen MR) is 83.7 cm³/mol. The molecule has 0 saturated carbocycles. The molecule has 0 aromatic heterocycles. The molecule has 0 aliphatic carbocycles. The van der Waals surface area contributed by atoms with Crippen molar-refractivity contribution < 1.29 is 9.13 Å². The summed E-state index contributed by atoms with van der Waals surface area (Å²) in [6, 6.07) is 5.87. The Labute approximate surface area is 127 Å². The third-order valence-electron chi connectivity index (χ3n) is 3.90. The third kappa shape index (κ3) is 5.06. The van der Waals surface area contributed by atoms with Gasteiger partial charge in [0.25, 0.3) is 0 Å². The molecule has 0 amide bonds. The zero-order valence-corrected chi connectivity index (χ0v) is 13.4. The lowest BCUT2D eigenvalue weighted by atomic mass is 10.1. The van der Waals surface area contributed by atoms with Crippen LogP contribution in [0, 0.1) is 5.82 Å². The highest BCUT2D eigenvalue weighted by molar-refractivity contribution is 5.25. The van der Waals surface area contributed by atoms with Crippen molar-refractivity contribution in [2.45, 2.75) is 52.4 Å². The number of morpholine rings is 1. The molecule has 1 aromatic rings. The summed E-state index contributed by atoms with van der Waals surface area (Å²) in [5.74, 6) is -0.108. The van der Waals surface area contributed by atoms with Crippen molar-refractivity contribution in [2.24, 2.45) is 0 Å². The largest absolute Gasteiger partial charge is 0.376 e. The molecule has 0 radical (unpaired) electrons. The fourth-order valence-corrected chi connectivity index (χ4v) is 2.59. The van der Waals surface area contributed by atoms with E-state index in [4.69, 9.17) is 4.74 Å². The minimum atomic E-state index is -0.108. The van der Waals surface area contributed by atoms with E-state index in [1.54, 1.807) is 6.07 Å². The average molecular weight is 294 g/mol. The van der Waals surface area contributed by atoms with E-state index in [0.29, 0.717) is 12.6 Å². The number of hydrogen-bond acceptors (Lipinski definition) is 3. The SMILES string of the molecule is CCC1CN(Cc2cc(CNC(C)C)ccc2F)CCO1. The Kier molecular flexibility index (Phi) is 6.15. The molecule has 0 bridgehead atoms. The van der Waals surface area contributed by atoms with E-state index in [1.165, 1.54) is 0 Å². The topological polar surface area (TPSA) is 24.5 Å². The fourth-order valence-electron chi connectivity index (χ4n) is 2.59. The first kappa shape index (κ1) is 16.4. The average Bonchev–Trinajstić information content (AvgIpc) is 2.48.